The van der Waals surface area contributed by atoms with Crippen molar-refractivity contribution in [1.82, 2.24) is 0 Å². The maximum absolute atomic E-state index is 13.1. The largest absolute Gasteiger partial charge is 0.378 e. The summed E-state index contributed by atoms with van der Waals surface area (Å²) in [6, 6.07) is 11.0. The van der Waals surface area contributed by atoms with Gasteiger partial charge < -0.3 is 14.4 Å². The molecule has 0 atom stereocenters. The highest BCUT2D eigenvalue weighted by Crippen LogP contribution is 2.29. The summed E-state index contributed by atoms with van der Waals surface area (Å²) in [5.74, 6) is -0.155. The summed E-state index contributed by atoms with van der Waals surface area (Å²) in [5.41, 5.74) is 1.75. The van der Waals surface area contributed by atoms with Gasteiger partial charge in [0.15, 0.2) is 5.75 Å². The van der Waals surface area contributed by atoms with E-state index in [1.54, 1.807) is 6.07 Å². The average Bonchev–Trinajstić information content (AvgIpc) is 3.46. The van der Waals surface area contributed by atoms with Crippen molar-refractivity contribution < 1.29 is 22.3 Å². The van der Waals surface area contributed by atoms with Crippen LogP contribution in [0.4, 0.5) is 10.1 Å². The first-order valence-corrected chi connectivity index (χ1v) is 10.7. The number of benzene rings is 2. The summed E-state index contributed by atoms with van der Waals surface area (Å²) in [6.07, 6.45) is 2.39. The minimum atomic E-state index is -4.03. The summed E-state index contributed by atoms with van der Waals surface area (Å²) in [4.78, 5) is 2.07. The molecule has 3 rings (SSSR count). The van der Waals surface area contributed by atoms with Gasteiger partial charge in [0.1, 0.15) is 17.3 Å². The molecule has 1 fully saturated rings. The predicted octanol–water partition coefficient (Wildman–Crippen LogP) is 2.67. The van der Waals surface area contributed by atoms with Crippen molar-refractivity contribution in [3.05, 3.63) is 53.8 Å². The highest BCUT2D eigenvalue weighted by atomic mass is 32.2. The van der Waals surface area contributed by atoms with Gasteiger partial charge in [0.2, 0.25) is 0 Å². The first-order chi connectivity index (χ1) is 12.9. The van der Waals surface area contributed by atoms with Gasteiger partial charge in [0, 0.05) is 37.7 Å². The minimum absolute atomic E-state index is 0.0609. The van der Waals surface area contributed by atoms with Gasteiger partial charge in [-0.25, -0.2) is 4.39 Å². The SMILES string of the molecule is CCN(CC)c1ccc(C[NH2+]C2CC2)c(OS(=O)(=O)c2ccc(F)cc2)c1. The Labute approximate surface area is 160 Å². The summed E-state index contributed by atoms with van der Waals surface area (Å²) < 4.78 is 44.0. The van der Waals surface area contributed by atoms with Crippen LogP contribution in [0.5, 0.6) is 5.75 Å². The van der Waals surface area contributed by atoms with Gasteiger partial charge in [0.25, 0.3) is 0 Å². The quantitative estimate of drug-likeness (QED) is 0.666. The molecule has 2 aromatic rings. The van der Waals surface area contributed by atoms with Crippen LogP contribution in [0.3, 0.4) is 0 Å². The van der Waals surface area contributed by atoms with Gasteiger partial charge in [-0.15, -0.1) is 0 Å². The number of hydrogen-bond donors (Lipinski definition) is 1. The Kier molecular flexibility index (Phi) is 6.01. The lowest BCUT2D eigenvalue weighted by Crippen LogP contribution is -2.84. The third kappa shape index (κ3) is 4.99. The molecule has 0 aromatic heterocycles. The fraction of sp³-hybridized carbons (Fsp3) is 0.400. The Morgan fingerprint density at radius 2 is 1.78 bits per heavy atom. The Morgan fingerprint density at radius 1 is 1.11 bits per heavy atom. The molecule has 0 radical (unpaired) electrons. The number of rotatable bonds is 9. The summed E-state index contributed by atoms with van der Waals surface area (Å²) in [5, 5.41) is 2.21. The van der Waals surface area contributed by atoms with Crippen LogP contribution in [0.15, 0.2) is 47.4 Å². The number of hydrogen-bond acceptors (Lipinski definition) is 4. The van der Waals surface area contributed by atoms with Gasteiger partial charge in [-0.2, -0.15) is 8.42 Å². The second kappa shape index (κ2) is 8.27. The van der Waals surface area contributed by atoms with Crippen LogP contribution in [0.1, 0.15) is 32.3 Å². The van der Waals surface area contributed by atoms with E-state index in [2.05, 4.69) is 10.2 Å². The number of nitrogens with two attached hydrogens (primary N) is 1. The molecule has 0 heterocycles. The molecule has 1 saturated carbocycles. The second-order valence-electron chi connectivity index (χ2n) is 6.73. The van der Waals surface area contributed by atoms with Crippen LogP contribution in [0, 0.1) is 5.82 Å². The molecule has 146 valence electrons. The Bertz CT molecular complexity index is 877. The van der Waals surface area contributed by atoms with Gasteiger partial charge in [-0.1, -0.05) is 0 Å². The van der Waals surface area contributed by atoms with Crippen molar-refractivity contribution in [2.45, 2.75) is 44.2 Å². The fourth-order valence-corrected chi connectivity index (χ4v) is 3.93. The second-order valence-corrected chi connectivity index (χ2v) is 8.28. The molecular formula is C20H26FN2O3S+. The monoisotopic (exact) mass is 393 g/mol. The maximum atomic E-state index is 13.1. The lowest BCUT2D eigenvalue weighted by Gasteiger charge is -2.22. The van der Waals surface area contributed by atoms with E-state index in [0.29, 0.717) is 18.3 Å². The van der Waals surface area contributed by atoms with Crippen molar-refractivity contribution in [1.29, 1.82) is 0 Å². The summed E-state index contributed by atoms with van der Waals surface area (Å²) in [7, 11) is -4.03. The summed E-state index contributed by atoms with van der Waals surface area (Å²) >= 11 is 0. The number of nitrogens with zero attached hydrogens (tertiary/aromatic N) is 1. The molecule has 7 heteroatoms. The Balaban J connectivity index is 1.91. The van der Waals surface area contributed by atoms with Gasteiger partial charge in [0.05, 0.1) is 11.6 Å². The molecule has 0 unspecified atom stereocenters. The smallest absolute Gasteiger partial charge is 0.339 e. The van der Waals surface area contributed by atoms with Gasteiger partial charge in [-0.05, 0) is 50.2 Å². The average molecular weight is 394 g/mol. The van der Waals surface area contributed by atoms with Crippen LogP contribution < -0.4 is 14.4 Å². The molecule has 0 amide bonds. The highest BCUT2D eigenvalue weighted by molar-refractivity contribution is 7.87. The fourth-order valence-electron chi connectivity index (χ4n) is 2.97. The predicted molar refractivity (Wildman–Crippen MR) is 103 cm³/mol. The van der Waals surface area contributed by atoms with E-state index in [0.717, 1.165) is 36.5 Å². The van der Waals surface area contributed by atoms with Crippen LogP contribution in [-0.2, 0) is 16.7 Å². The lowest BCUT2D eigenvalue weighted by molar-refractivity contribution is -0.683. The molecule has 5 nitrogen and oxygen atoms in total. The van der Waals surface area contributed by atoms with E-state index in [9.17, 15) is 12.8 Å². The molecule has 0 saturated heterocycles. The van der Waals surface area contributed by atoms with E-state index >= 15 is 0 Å². The zero-order valence-corrected chi connectivity index (χ0v) is 16.5. The van der Waals surface area contributed by atoms with Gasteiger partial charge in [-0.3, -0.25) is 0 Å². The molecule has 0 aliphatic heterocycles. The van der Waals surface area contributed by atoms with E-state index < -0.39 is 15.9 Å². The Morgan fingerprint density at radius 3 is 2.37 bits per heavy atom. The van der Waals surface area contributed by atoms with E-state index in [-0.39, 0.29) is 4.90 Å². The van der Waals surface area contributed by atoms with Crippen molar-refractivity contribution in [3.8, 4) is 5.75 Å². The highest BCUT2D eigenvalue weighted by Gasteiger charge is 2.26. The first kappa shape index (κ1) is 19.6. The standard InChI is InChI=1S/C20H25FN2O3S/c1-3-23(4-2)18-10-5-15(14-22-17-8-9-17)20(13-18)26-27(24,25)19-11-6-16(21)7-12-19/h5-7,10-13,17,22H,3-4,8-9,14H2,1-2H3/p+1. The molecule has 1 aliphatic carbocycles. The van der Waals surface area contributed by atoms with E-state index in [1.165, 1.54) is 25.0 Å². The molecule has 27 heavy (non-hydrogen) atoms. The van der Waals surface area contributed by atoms with Crippen molar-refractivity contribution >= 4 is 15.8 Å². The number of anilines is 1. The Hall–Kier alpha value is -2.12. The third-order valence-electron chi connectivity index (χ3n) is 4.77. The van der Waals surface area contributed by atoms with E-state index in [4.69, 9.17) is 4.18 Å². The van der Waals surface area contributed by atoms with Gasteiger partial charge >= 0.3 is 10.1 Å². The molecule has 0 bridgehead atoms. The number of halogens is 1. The normalized spacial score (nSPS) is 14.2. The van der Waals surface area contributed by atoms with Crippen molar-refractivity contribution in [2.75, 3.05) is 18.0 Å². The zero-order chi connectivity index (χ0) is 19.4. The summed E-state index contributed by atoms with van der Waals surface area (Å²) in [6.45, 7) is 6.39. The molecule has 2 N–H and O–H groups in total. The minimum Gasteiger partial charge on any atom is -0.378 e. The molecule has 1 aliphatic rings. The molecule has 0 spiro atoms. The molecular weight excluding hydrogens is 367 g/mol. The maximum Gasteiger partial charge on any atom is 0.339 e. The van der Waals surface area contributed by atoms with E-state index in [1.807, 2.05) is 26.0 Å². The topological polar surface area (TPSA) is 63.2 Å². The van der Waals surface area contributed by atoms with Crippen LogP contribution in [-0.4, -0.2) is 27.5 Å². The molecule has 2 aromatic carbocycles. The number of quaternary nitrogens is 1. The van der Waals surface area contributed by atoms with Crippen molar-refractivity contribution in [3.63, 3.8) is 0 Å². The first-order valence-electron chi connectivity index (χ1n) is 9.34. The zero-order valence-electron chi connectivity index (χ0n) is 15.7. The van der Waals surface area contributed by atoms with Crippen LogP contribution in [0.25, 0.3) is 0 Å². The van der Waals surface area contributed by atoms with Crippen molar-refractivity contribution in [2.24, 2.45) is 0 Å². The van der Waals surface area contributed by atoms with Crippen LogP contribution in [0.2, 0.25) is 0 Å². The third-order valence-corrected chi connectivity index (χ3v) is 6.02. The lowest BCUT2D eigenvalue weighted by atomic mass is 10.1. The van der Waals surface area contributed by atoms with Crippen LogP contribution >= 0.6 is 0 Å².